The Balaban J connectivity index is 4.53. The number of hydrogen-bond acceptors (Lipinski definition) is 0. The summed E-state index contributed by atoms with van der Waals surface area (Å²) in [6.45, 7) is 12.9. The smallest absolute Gasteiger partial charge is 0.0311 e. The van der Waals surface area contributed by atoms with Crippen LogP contribution in [0.15, 0.2) is 0 Å². The lowest BCUT2D eigenvalue weighted by Crippen LogP contribution is -2.21. The zero-order valence-electron chi connectivity index (χ0n) is 9.23. The van der Waals surface area contributed by atoms with Crippen LogP contribution in [0.2, 0.25) is 0 Å². The van der Waals surface area contributed by atoms with Crippen molar-refractivity contribution in [2.24, 2.45) is 23.6 Å². The fourth-order valence-electron chi connectivity index (χ4n) is 2.00. The van der Waals surface area contributed by atoms with Gasteiger partial charge in [-0.15, -0.1) is 0 Å². The molecule has 0 saturated carbocycles. The highest BCUT2D eigenvalue weighted by molar-refractivity contribution is 4.69. The largest absolute Gasteiger partial charge is 0.0625 e. The zero-order valence-corrected chi connectivity index (χ0v) is 8.23. The SMILES string of the molecule is [2H]C(C(C)C)(C(C)C)C(C)C. The van der Waals surface area contributed by atoms with Crippen molar-refractivity contribution in [1.29, 1.82) is 0 Å². The molecular weight excluding hydrogens is 120 g/mol. The minimum absolute atomic E-state index is 0.250. The Kier molecular flexibility index (Phi) is 3.24. The summed E-state index contributed by atoms with van der Waals surface area (Å²) in [5.41, 5.74) is 0. The fraction of sp³-hybridized carbons (Fsp3) is 1.00. The van der Waals surface area contributed by atoms with E-state index in [1.54, 1.807) is 0 Å². The lowest BCUT2D eigenvalue weighted by Gasteiger charge is -2.28. The molecule has 0 bridgehead atoms. The van der Waals surface area contributed by atoms with Gasteiger partial charge < -0.3 is 0 Å². The van der Waals surface area contributed by atoms with Gasteiger partial charge in [-0.2, -0.15) is 0 Å². The number of rotatable bonds is 3. The quantitative estimate of drug-likeness (QED) is 0.566. The Morgan fingerprint density at radius 3 is 0.900 bits per heavy atom. The third-order valence-corrected chi connectivity index (χ3v) is 2.00. The van der Waals surface area contributed by atoms with Crippen LogP contribution in [0.5, 0.6) is 0 Å². The standard InChI is InChI=1S/C10H22/c1-7(2)10(8(3)4)9(5)6/h7-10H,1-6H3/i10D. The Morgan fingerprint density at radius 1 is 0.700 bits per heavy atom. The third-order valence-electron chi connectivity index (χ3n) is 2.00. The fourth-order valence-corrected chi connectivity index (χ4v) is 2.00. The first-order chi connectivity index (χ1) is 4.83. The van der Waals surface area contributed by atoms with Crippen molar-refractivity contribution in [3.63, 3.8) is 0 Å². The normalized spacial score (nSPS) is 15.1. The molecule has 0 nitrogen and oxygen atoms in total. The first-order valence-electron chi connectivity index (χ1n) is 4.83. The summed E-state index contributed by atoms with van der Waals surface area (Å²) in [6.07, 6.45) is 0. The van der Waals surface area contributed by atoms with E-state index in [0.717, 1.165) is 0 Å². The molecule has 0 aromatic carbocycles. The van der Waals surface area contributed by atoms with Crippen LogP contribution in [0.3, 0.4) is 0 Å². The van der Waals surface area contributed by atoms with Crippen molar-refractivity contribution in [3.8, 4) is 0 Å². The van der Waals surface area contributed by atoms with E-state index in [1.807, 2.05) is 0 Å². The molecule has 0 aliphatic heterocycles. The first kappa shape index (κ1) is 8.10. The van der Waals surface area contributed by atoms with Gasteiger partial charge in [-0.1, -0.05) is 41.5 Å². The summed E-state index contributed by atoms with van der Waals surface area (Å²) in [5.74, 6) is 1.09. The van der Waals surface area contributed by atoms with Gasteiger partial charge in [-0.3, -0.25) is 0 Å². The van der Waals surface area contributed by atoms with E-state index in [0.29, 0.717) is 17.8 Å². The molecule has 0 aliphatic carbocycles. The molecule has 0 heterocycles. The monoisotopic (exact) mass is 143 g/mol. The van der Waals surface area contributed by atoms with Crippen LogP contribution in [0.1, 0.15) is 42.9 Å². The van der Waals surface area contributed by atoms with Crippen molar-refractivity contribution in [1.82, 2.24) is 0 Å². The topological polar surface area (TPSA) is 0 Å². The van der Waals surface area contributed by atoms with E-state index in [1.165, 1.54) is 0 Å². The predicted octanol–water partition coefficient (Wildman–Crippen LogP) is 3.57. The van der Waals surface area contributed by atoms with Gasteiger partial charge in [-0.05, 0) is 23.6 Å². The second kappa shape index (κ2) is 4.00. The van der Waals surface area contributed by atoms with Crippen molar-refractivity contribution < 1.29 is 1.37 Å². The molecule has 0 rings (SSSR count). The zero-order chi connectivity index (χ0) is 9.23. The van der Waals surface area contributed by atoms with Crippen molar-refractivity contribution in [2.45, 2.75) is 41.5 Å². The van der Waals surface area contributed by atoms with Crippen LogP contribution in [0, 0.1) is 23.6 Å². The van der Waals surface area contributed by atoms with Crippen LogP contribution >= 0.6 is 0 Å². The Bertz CT molecular complexity index is 92.3. The Hall–Kier alpha value is 0. The summed E-state index contributed by atoms with van der Waals surface area (Å²) in [5, 5.41) is 0. The van der Waals surface area contributed by atoms with E-state index in [9.17, 15) is 0 Å². The average Bonchev–Trinajstić information content (AvgIpc) is 1.84. The van der Waals surface area contributed by atoms with E-state index >= 15 is 0 Å². The van der Waals surface area contributed by atoms with Gasteiger partial charge >= 0.3 is 0 Å². The second-order valence-electron chi connectivity index (χ2n) is 3.96. The molecule has 0 spiro atoms. The lowest BCUT2D eigenvalue weighted by atomic mass is 9.78. The van der Waals surface area contributed by atoms with Gasteiger partial charge in [0.1, 0.15) is 0 Å². The van der Waals surface area contributed by atoms with E-state index in [-0.39, 0.29) is 5.89 Å². The van der Waals surface area contributed by atoms with Gasteiger partial charge in [0, 0.05) is 1.37 Å². The van der Waals surface area contributed by atoms with Crippen molar-refractivity contribution in [3.05, 3.63) is 0 Å². The average molecular weight is 143 g/mol. The second-order valence-corrected chi connectivity index (χ2v) is 3.96. The van der Waals surface area contributed by atoms with Crippen molar-refractivity contribution >= 4 is 0 Å². The highest BCUT2D eigenvalue weighted by atomic mass is 14.3. The molecular formula is C10H22. The predicted molar refractivity (Wildman–Crippen MR) is 48.0 cm³/mol. The summed E-state index contributed by atoms with van der Waals surface area (Å²) >= 11 is 0. The number of hydrogen-bond donors (Lipinski definition) is 0. The first-order valence-corrected chi connectivity index (χ1v) is 4.33. The molecule has 0 aliphatic rings. The van der Waals surface area contributed by atoms with Gasteiger partial charge in [0.2, 0.25) is 0 Å². The molecule has 0 heteroatoms. The molecule has 0 aromatic heterocycles. The summed E-state index contributed by atoms with van der Waals surface area (Å²) < 4.78 is 8.28. The molecule has 0 atom stereocenters. The van der Waals surface area contributed by atoms with E-state index in [4.69, 9.17) is 1.37 Å². The van der Waals surface area contributed by atoms with E-state index < -0.39 is 0 Å². The molecule has 0 aromatic rings. The molecule has 0 saturated heterocycles. The summed E-state index contributed by atoms with van der Waals surface area (Å²) in [4.78, 5) is 0. The van der Waals surface area contributed by atoms with Crippen LogP contribution in [-0.2, 0) is 0 Å². The van der Waals surface area contributed by atoms with Gasteiger partial charge in [-0.25, -0.2) is 0 Å². The highest BCUT2D eigenvalue weighted by Crippen LogP contribution is 2.27. The molecule has 0 amide bonds. The maximum absolute atomic E-state index is 8.28. The van der Waals surface area contributed by atoms with Crippen LogP contribution in [0.25, 0.3) is 0 Å². The Labute approximate surface area is 67.4 Å². The third kappa shape index (κ3) is 2.72. The van der Waals surface area contributed by atoms with Crippen LogP contribution in [0.4, 0.5) is 0 Å². The molecule has 62 valence electrons. The van der Waals surface area contributed by atoms with Crippen LogP contribution < -0.4 is 0 Å². The van der Waals surface area contributed by atoms with Gasteiger partial charge in [0.05, 0.1) is 0 Å². The van der Waals surface area contributed by atoms with E-state index in [2.05, 4.69) is 41.5 Å². The molecule has 10 heavy (non-hydrogen) atoms. The van der Waals surface area contributed by atoms with Gasteiger partial charge in [0.15, 0.2) is 0 Å². The molecule has 0 fully saturated rings. The van der Waals surface area contributed by atoms with Gasteiger partial charge in [0.25, 0.3) is 0 Å². The Morgan fingerprint density at radius 2 is 0.900 bits per heavy atom. The molecule has 0 N–H and O–H groups in total. The highest BCUT2D eigenvalue weighted by Gasteiger charge is 2.20. The molecule has 0 radical (unpaired) electrons. The minimum Gasteiger partial charge on any atom is -0.0625 e. The summed E-state index contributed by atoms with van der Waals surface area (Å²) in [7, 11) is 0. The maximum Gasteiger partial charge on any atom is 0.0311 e. The maximum atomic E-state index is 8.28. The van der Waals surface area contributed by atoms with Crippen molar-refractivity contribution in [2.75, 3.05) is 0 Å². The summed E-state index contributed by atoms with van der Waals surface area (Å²) in [6, 6.07) is 0. The van der Waals surface area contributed by atoms with Crippen LogP contribution in [-0.4, -0.2) is 0 Å². The molecule has 0 unspecified atom stereocenters. The minimum atomic E-state index is -0.250. The lowest BCUT2D eigenvalue weighted by molar-refractivity contribution is 0.212.